The summed E-state index contributed by atoms with van der Waals surface area (Å²) in [7, 11) is 0. The van der Waals surface area contributed by atoms with Crippen molar-refractivity contribution in [3.05, 3.63) is 120 Å². The smallest absolute Gasteiger partial charge is 0.149 e. The van der Waals surface area contributed by atoms with E-state index in [1.54, 1.807) is 0 Å². The third-order valence-corrected chi connectivity index (χ3v) is 8.73. The largest absolute Gasteiger partial charge is 0.455 e. The SMILES string of the molecule is CC(C)c1cccc(C(C)C)c1-n1c(-c2cccc3c2oc2cc4ccc5ccccc5c4cc23)nc2ccccc21. The van der Waals surface area contributed by atoms with E-state index < -0.39 is 0 Å². The maximum Gasteiger partial charge on any atom is 0.149 e. The minimum atomic E-state index is 0.358. The molecule has 0 aliphatic rings. The van der Waals surface area contributed by atoms with Crippen molar-refractivity contribution in [1.82, 2.24) is 9.55 Å². The zero-order valence-electron chi connectivity index (χ0n) is 24.3. The maximum atomic E-state index is 6.75. The molecule has 0 saturated heterocycles. The van der Waals surface area contributed by atoms with Gasteiger partial charge in [-0.1, -0.05) is 107 Å². The summed E-state index contributed by atoms with van der Waals surface area (Å²) in [5.41, 5.74) is 8.73. The van der Waals surface area contributed by atoms with Crippen molar-refractivity contribution in [1.29, 1.82) is 0 Å². The molecule has 0 atom stereocenters. The lowest BCUT2D eigenvalue weighted by atomic mass is 9.92. The Kier molecular flexibility index (Phi) is 5.52. The van der Waals surface area contributed by atoms with Crippen molar-refractivity contribution in [3.63, 3.8) is 0 Å². The number of furan rings is 1. The van der Waals surface area contributed by atoms with Crippen LogP contribution < -0.4 is 0 Å². The second-order valence-corrected chi connectivity index (χ2v) is 12.0. The molecule has 0 fully saturated rings. The van der Waals surface area contributed by atoms with Gasteiger partial charge in [0.1, 0.15) is 17.0 Å². The van der Waals surface area contributed by atoms with E-state index in [9.17, 15) is 0 Å². The van der Waals surface area contributed by atoms with E-state index in [1.807, 2.05) is 0 Å². The summed E-state index contributed by atoms with van der Waals surface area (Å²) in [4.78, 5) is 5.28. The number of hydrogen-bond donors (Lipinski definition) is 0. The second-order valence-electron chi connectivity index (χ2n) is 12.0. The van der Waals surface area contributed by atoms with Gasteiger partial charge in [-0.05, 0) is 74.8 Å². The van der Waals surface area contributed by atoms with Gasteiger partial charge in [0.15, 0.2) is 0 Å². The lowest BCUT2D eigenvalue weighted by Gasteiger charge is -2.22. The molecule has 3 heteroatoms. The van der Waals surface area contributed by atoms with Crippen LogP contribution in [0.1, 0.15) is 50.7 Å². The summed E-state index contributed by atoms with van der Waals surface area (Å²) in [5.74, 6) is 1.62. The third-order valence-electron chi connectivity index (χ3n) is 8.73. The number of para-hydroxylation sites is 4. The van der Waals surface area contributed by atoms with Crippen molar-refractivity contribution in [2.45, 2.75) is 39.5 Å². The van der Waals surface area contributed by atoms with Crippen LogP contribution in [0.2, 0.25) is 0 Å². The Morgan fingerprint density at radius 2 is 1.29 bits per heavy atom. The highest BCUT2D eigenvalue weighted by atomic mass is 16.3. The lowest BCUT2D eigenvalue weighted by Crippen LogP contribution is -2.08. The molecule has 2 aromatic heterocycles. The van der Waals surface area contributed by atoms with E-state index >= 15 is 0 Å². The number of rotatable bonds is 4. The fraction of sp³-hybridized carbons (Fsp3) is 0.154. The van der Waals surface area contributed by atoms with Gasteiger partial charge in [-0.3, -0.25) is 4.57 Å². The second kappa shape index (κ2) is 9.32. The van der Waals surface area contributed by atoms with Crippen molar-refractivity contribution < 1.29 is 4.42 Å². The van der Waals surface area contributed by atoms with E-state index in [-0.39, 0.29) is 0 Å². The molecule has 6 aromatic carbocycles. The molecule has 0 aliphatic heterocycles. The van der Waals surface area contributed by atoms with Crippen molar-refractivity contribution >= 4 is 54.5 Å². The Morgan fingerprint density at radius 3 is 2.10 bits per heavy atom. The Bertz CT molecular complexity index is 2290. The summed E-state index contributed by atoms with van der Waals surface area (Å²) in [6, 6.07) is 39.1. The molecule has 0 unspecified atom stereocenters. The highest BCUT2D eigenvalue weighted by Crippen LogP contribution is 2.42. The quantitative estimate of drug-likeness (QED) is 0.206. The van der Waals surface area contributed by atoms with E-state index in [1.165, 1.54) is 38.4 Å². The number of imidazole rings is 1. The fourth-order valence-corrected chi connectivity index (χ4v) is 6.68. The van der Waals surface area contributed by atoms with E-state index in [2.05, 4.69) is 141 Å². The van der Waals surface area contributed by atoms with Crippen LogP contribution in [0.5, 0.6) is 0 Å². The topological polar surface area (TPSA) is 31.0 Å². The monoisotopic (exact) mass is 544 g/mol. The molecule has 204 valence electrons. The van der Waals surface area contributed by atoms with E-state index in [0.29, 0.717) is 11.8 Å². The van der Waals surface area contributed by atoms with Crippen LogP contribution in [-0.2, 0) is 0 Å². The molecule has 0 saturated carbocycles. The van der Waals surface area contributed by atoms with Gasteiger partial charge in [0.25, 0.3) is 0 Å². The molecule has 8 rings (SSSR count). The molecule has 0 N–H and O–H groups in total. The van der Waals surface area contributed by atoms with Gasteiger partial charge in [0.2, 0.25) is 0 Å². The van der Waals surface area contributed by atoms with Crippen LogP contribution in [-0.4, -0.2) is 9.55 Å². The van der Waals surface area contributed by atoms with Crippen LogP contribution >= 0.6 is 0 Å². The summed E-state index contributed by atoms with van der Waals surface area (Å²) >= 11 is 0. The van der Waals surface area contributed by atoms with Gasteiger partial charge in [0.05, 0.1) is 22.3 Å². The highest BCUT2D eigenvalue weighted by molar-refractivity contribution is 6.17. The average molecular weight is 545 g/mol. The Morgan fingerprint density at radius 1 is 0.595 bits per heavy atom. The van der Waals surface area contributed by atoms with Crippen LogP contribution in [0.3, 0.4) is 0 Å². The average Bonchev–Trinajstić information content (AvgIpc) is 3.57. The Labute approximate surface area is 245 Å². The fourth-order valence-electron chi connectivity index (χ4n) is 6.68. The molecule has 8 aromatic rings. The minimum absolute atomic E-state index is 0.358. The van der Waals surface area contributed by atoms with Crippen molar-refractivity contribution in [2.24, 2.45) is 0 Å². The standard InChI is InChI=1S/C39H32N2O/c1-23(2)27-13-9-14-28(24(3)4)37(27)41-35-18-8-7-17-34(35)40-39(41)31-16-10-15-30-33-22-32-26(21-36(33)42-38(30)31)20-19-25-11-5-6-12-29(25)32/h5-24H,1-4H3. The first kappa shape index (κ1) is 24.9. The number of fused-ring (bicyclic) bond motifs is 7. The van der Waals surface area contributed by atoms with Gasteiger partial charge < -0.3 is 4.42 Å². The summed E-state index contributed by atoms with van der Waals surface area (Å²) in [5, 5.41) is 7.17. The number of hydrogen-bond acceptors (Lipinski definition) is 2. The molecular formula is C39H32N2O. The van der Waals surface area contributed by atoms with Crippen LogP contribution in [0.15, 0.2) is 114 Å². The van der Waals surface area contributed by atoms with Gasteiger partial charge in [-0.15, -0.1) is 0 Å². The Hall–Kier alpha value is -4.89. The molecule has 0 spiro atoms. The molecule has 0 aliphatic carbocycles. The molecular weight excluding hydrogens is 512 g/mol. The molecule has 2 heterocycles. The zero-order chi connectivity index (χ0) is 28.5. The van der Waals surface area contributed by atoms with Crippen LogP contribution in [0.25, 0.3) is 71.6 Å². The lowest BCUT2D eigenvalue weighted by molar-refractivity contribution is 0.670. The summed E-state index contributed by atoms with van der Waals surface area (Å²) < 4.78 is 9.13. The molecule has 42 heavy (non-hydrogen) atoms. The summed E-state index contributed by atoms with van der Waals surface area (Å²) in [6.45, 7) is 9.10. The number of nitrogens with zero attached hydrogens (tertiary/aromatic N) is 2. The zero-order valence-corrected chi connectivity index (χ0v) is 24.3. The van der Waals surface area contributed by atoms with E-state index in [0.717, 1.165) is 44.4 Å². The van der Waals surface area contributed by atoms with Crippen LogP contribution in [0.4, 0.5) is 0 Å². The maximum absolute atomic E-state index is 6.75. The molecule has 0 radical (unpaired) electrons. The first-order chi connectivity index (χ1) is 20.5. The van der Waals surface area contributed by atoms with Crippen LogP contribution in [0, 0.1) is 0 Å². The van der Waals surface area contributed by atoms with Gasteiger partial charge >= 0.3 is 0 Å². The highest BCUT2D eigenvalue weighted by Gasteiger charge is 2.24. The number of aromatic nitrogens is 2. The van der Waals surface area contributed by atoms with Crippen molar-refractivity contribution in [2.75, 3.05) is 0 Å². The predicted octanol–water partition coefficient (Wildman–Crippen LogP) is 11.1. The van der Waals surface area contributed by atoms with E-state index in [4.69, 9.17) is 9.40 Å². The Balaban J connectivity index is 1.47. The molecule has 3 nitrogen and oxygen atoms in total. The van der Waals surface area contributed by atoms with Gasteiger partial charge in [-0.2, -0.15) is 0 Å². The van der Waals surface area contributed by atoms with Gasteiger partial charge in [-0.25, -0.2) is 4.98 Å². The minimum Gasteiger partial charge on any atom is -0.455 e. The predicted molar refractivity (Wildman–Crippen MR) is 177 cm³/mol. The van der Waals surface area contributed by atoms with Crippen molar-refractivity contribution in [3.8, 4) is 17.1 Å². The normalized spacial score (nSPS) is 12.2. The molecule has 0 bridgehead atoms. The molecule has 0 amide bonds. The summed E-state index contributed by atoms with van der Waals surface area (Å²) in [6.07, 6.45) is 0. The first-order valence-corrected chi connectivity index (χ1v) is 14.9. The van der Waals surface area contributed by atoms with Gasteiger partial charge in [0, 0.05) is 10.8 Å². The first-order valence-electron chi connectivity index (χ1n) is 14.9. The number of benzene rings is 6. The third kappa shape index (κ3) is 3.63.